The number of likely N-dealkylation sites (N-methyl/N-ethyl adjacent to an activating group) is 1. The van der Waals surface area contributed by atoms with Crippen LogP contribution in [0.25, 0.3) is 11.1 Å². The molecule has 7 heteroatoms. The fourth-order valence-corrected chi connectivity index (χ4v) is 4.51. The van der Waals surface area contributed by atoms with Crippen molar-refractivity contribution in [3.63, 3.8) is 0 Å². The maximum absolute atomic E-state index is 13.2. The van der Waals surface area contributed by atoms with Crippen LogP contribution >= 0.6 is 0 Å². The molecule has 0 bridgehead atoms. The Morgan fingerprint density at radius 2 is 1.50 bits per heavy atom. The molecule has 0 spiro atoms. The van der Waals surface area contributed by atoms with E-state index in [4.69, 9.17) is 4.74 Å². The van der Waals surface area contributed by atoms with Crippen LogP contribution < -0.4 is 5.32 Å². The van der Waals surface area contributed by atoms with E-state index in [1.54, 1.807) is 34.6 Å². The van der Waals surface area contributed by atoms with Gasteiger partial charge in [-0.25, -0.2) is 9.59 Å². The topological polar surface area (TPSA) is 95.9 Å². The number of hydrogen-bond acceptors (Lipinski definition) is 4. The number of fused-ring (bicyclic) bond motifs is 3. The lowest BCUT2D eigenvalue weighted by Crippen LogP contribution is -2.61. The van der Waals surface area contributed by atoms with Gasteiger partial charge in [0.25, 0.3) is 0 Å². The molecular weight excluding hydrogens is 432 g/mol. The van der Waals surface area contributed by atoms with E-state index in [1.807, 2.05) is 24.3 Å². The number of rotatable bonds is 8. The van der Waals surface area contributed by atoms with E-state index in [9.17, 15) is 19.5 Å². The monoisotopic (exact) mass is 466 g/mol. The standard InChI is InChI=1S/C27H34N2O5/c1-7-22(23(30)31)29(6)24(32)26(2,3)27(4,5)28-25(33)34-16-21-19-14-10-8-12-17(19)18-13-9-11-15-20(18)21/h8-15,21-22H,7,16H2,1-6H3,(H,28,33)(H,30,31). The van der Waals surface area contributed by atoms with E-state index >= 15 is 0 Å². The summed E-state index contributed by atoms with van der Waals surface area (Å²) >= 11 is 0. The van der Waals surface area contributed by atoms with Crippen LogP contribution in [0.2, 0.25) is 0 Å². The number of carboxylic acids is 1. The molecule has 2 aromatic carbocycles. The smallest absolute Gasteiger partial charge is 0.407 e. The second kappa shape index (κ2) is 9.49. The lowest BCUT2D eigenvalue weighted by Gasteiger charge is -2.43. The lowest BCUT2D eigenvalue weighted by atomic mass is 9.73. The number of amides is 2. The molecule has 1 atom stereocenters. The molecule has 2 amide bonds. The third kappa shape index (κ3) is 4.52. The average Bonchev–Trinajstić information content (AvgIpc) is 3.10. The molecule has 0 saturated carbocycles. The van der Waals surface area contributed by atoms with Gasteiger partial charge in [-0.3, -0.25) is 4.79 Å². The molecule has 0 aromatic heterocycles. The number of hydrogen-bond donors (Lipinski definition) is 2. The molecule has 0 fully saturated rings. The van der Waals surface area contributed by atoms with E-state index in [0.29, 0.717) is 0 Å². The Bertz CT molecular complexity index is 1050. The van der Waals surface area contributed by atoms with Gasteiger partial charge in [0.2, 0.25) is 5.91 Å². The number of alkyl carbamates (subject to hydrolysis) is 1. The summed E-state index contributed by atoms with van der Waals surface area (Å²) in [7, 11) is 1.48. The Balaban J connectivity index is 1.71. The molecule has 0 aliphatic heterocycles. The maximum atomic E-state index is 13.2. The van der Waals surface area contributed by atoms with Gasteiger partial charge in [0, 0.05) is 13.0 Å². The van der Waals surface area contributed by atoms with Gasteiger partial charge in [-0.15, -0.1) is 0 Å². The predicted octanol–water partition coefficient (Wildman–Crippen LogP) is 4.65. The van der Waals surface area contributed by atoms with Crippen LogP contribution in [0.15, 0.2) is 48.5 Å². The minimum absolute atomic E-state index is 0.0667. The zero-order valence-corrected chi connectivity index (χ0v) is 20.7. The molecule has 1 aliphatic carbocycles. The molecule has 2 N–H and O–H groups in total. The van der Waals surface area contributed by atoms with E-state index in [-0.39, 0.29) is 24.9 Å². The van der Waals surface area contributed by atoms with Gasteiger partial charge in [-0.2, -0.15) is 0 Å². The third-order valence-corrected chi connectivity index (χ3v) is 7.32. The van der Waals surface area contributed by atoms with Crippen molar-refractivity contribution < 1.29 is 24.2 Å². The zero-order valence-electron chi connectivity index (χ0n) is 20.7. The van der Waals surface area contributed by atoms with Crippen molar-refractivity contribution >= 4 is 18.0 Å². The predicted molar refractivity (Wildman–Crippen MR) is 131 cm³/mol. The van der Waals surface area contributed by atoms with Gasteiger partial charge in [0.1, 0.15) is 12.6 Å². The van der Waals surface area contributed by atoms with Crippen molar-refractivity contribution in [3.05, 3.63) is 59.7 Å². The molecule has 1 unspecified atom stereocenters. The first-order chi connectivity index (χ1) is 15.9. The first kappa shape index (κ1) is 25.3. The summed E-state index contributed by atoms with van der Waals surface area (Å²) in [5.74, 6) is -1.50. The van der Waals surface area contributed by atoms with Crippen molar-refractivity contribution in [3.8, 4) is 11.1 Å². The van der Waals surface area contributed by atoms with Crippen LogP contribution in [0.1, 0.15) is 58.1 Å². The SMILES string of the molecule is CCC(C(=O)O)N(C)C(=O)C(C)(C)C(C)(C)NC(=O)OCC1c2ccccc2-c2ccccc21. The van der Waals surface area contributed by atoms with Gasteiger partial charge >= 0.3 is 12.1 Å². The molecule has 0 heterocycles. The lowest BCUT2D eigenvalue weighted by molar-refractivity contribution is -0.155. The highest BCUT2D eigenvalue weighted by atomic mass is 16.5. The van der Waals surface area contributed by atoms with Crippen LogP contribution in [0.5, 0.6) is 0 Å². The van der Waals surface area contributed by atoms with Crippen molar-refractivity contribution in [1.82, 2.24) is 10.2 Å². The highest BCUT2D eigenvalue weighted by Crippen LogP contribution is 2.44. The second-order valence-corrected chi connectivity index (χ2v) is 9.88. The summed E-state index contributed by atoms with van der Waals surface area (Å²) in [4.78, 5) is 38.8. The quantitative estimate of drug-likeness (QED) is 0.590. The fraction of sp³-hybridized carbons (Fsp3) is 0.444. The van der Waals surface area contributed by atoms with Gasteiger partial charge in [-0.1, -0.05) is 55.5 Å². The fourth-order valence-electron chi connectivity index (χ4n) is 4.51. The minimum atomic E-state index is -1.09. The molecule has 0 radical (unpaired) electrons. The molecular formula is C27H34N2O5. The summed E-state index contributed by atoms with van der Waals surface area (Å²) in [6.45, 7) is 8.76. The largest absolute Gasteiger partial charge is 0.480 e. The molecule has 7 nitrogen and oxygen atoms in total. The van der Waals surface area contributed by atoms with Crippen molar-refractivity contribution in [2.24, 2.45) is 5.41 Å². The normalized spacial score (nSPS) is 14.1. The van der Waals surface area contributed by atoms with Gasteiger partial charge < -0.3 is 20.1 Å². The Labute approximate surface area is 201 Å². The second-order valence-electron chi connectivity index (χ2n) is 9.88. The molecule has 0 saturated heterocycles. The van der Waals surface area contributed by atoms with Crippen molar-refractivity contribution in [2.75, 3.05) is 13.7 Å². The Morgan fingerprint density at radius 3 is 1.97 bits per heavy atom. The first-order valence-corrected chi connectivity index (χ1v) is 11.6. The average molecular weight is 467 g/mol. The first-order valence-electron chi connectivity index (χ1n) is 11.6. The highest BCUT2D eigenvalue weighted by molar-refractivity contribution is 5.88. The number of aliphatic carboxylic acids is 1. The molecule has 1 aliphatic rings. The number of nitrogens with zero attached hydrogens (tertiary/aromatic N) is 1. The van der Waals surface area contributed by atoms with Crippen LogP contribution in [0.3, 0.4) is 0 Å². The van der Waals surface area contributed by atoms with Crippen molar-refractivity contribution in [1.29, 1.82) is 0 Å². The number of ether oxygens (including phenoxy) is 1. The molecule has 3 rings (SSSR count). The highest BCUT2D eigenvalue weighted by Gasteiger charge is 2.47. The van der Waals surface area contributed by atoms with Crippen LogP contribution in [0.4, 0.5) is 4.79 Å². The zero-order chi connectivity index (χ0) is 25.3. The van der Waals surface area contributed by atoms with Crippen LogP contribution in [-0.2, 0) is 14.3 Å². The Morgan fingerprint density at radius 1 is 1.00 bits per heavy atom. The molecule has 34 heavy (non-hydrogen) atoms. The Hall–Kier alpha value is -3.35. The van der Waals surface area contributed by atoms with E-state index in [1.165, 1.54) is 11.9 Å². The summed E-state index contributed by atoms with van der Waals surface area (Å²) in [6, 6.07) is 15.3. The van der Waals surface area contributed by atoms with E-state index < -0.39 is 29.1 Å². The van der Waals surface area contributed by atoms with Gasteiger partial charge in [-0.05, 0) is 56.4 Å². The van der Waals surface area contributed by atoms with E-state index in [2.05, 4.69) is 29.6 Å². The number of benzene rings is 2. The third-order valence-electron chi connectivity index (χ3n) is 7.32. The number of nitrogens with one attached hydrogen (secondary N) is 1. The van der Waals surface area contributed by atoms with Gasteiger partial charge in [0.05, 0.1) is 11.0 Å². The van der Waals surface area contributed by atoms with Crippen LogP contribution in [-0.4, -0.2) is 53.2 Å². The number of carbonyl (C=O) groups excluding carboxylic acids is 2. The van der Waals surface area contributed by atoms with E-state index in [0.717, 1.165) is 22.3 Å². The molecule has 182 valence electrons. The maximum Gasteiger partial charge on any atom is 0.407 e. The minimum Gasteiger partial charge on any atom is -0.480 e. The van der Waals surface area contributed by atoms with Crippen LogP contribution in [0, 0.1) is 5.41 Å². The van der Waals surface area contributed by atoms with Crippen molar-refractivity contribution in [2.45, 2.75) is 58.5 Å². The Kier molecular flexibility index (Phi) is 7.05. The summed E-state index contributed by atoms with van der Waals surface area (Å²) in [6.07, 6.45) is -0.339. The number of carbonyl (C=O) groups is 3. The summed E-state index contributed by atoms with van der Waals surface area (Å²) in [5.41, 5.74) is 2.44. The summed E-state index contributed by atoms with van der Waals surface area (Å²) in [5, 5.41) is 12.3. The summed E-state index contributed by atoms with van der Waals surface area (Å²) < 4.78 is 5.65. The molecule has 2 aromatic rings. The number of carboxylic acid groups (broad SMARTS) is 1. The van der Waals surface area contributed by atoms with Gasteiger partial charge in [0.15, 0.2) is 0 Å².